The molecular formula is C19H12Br2F3N3O4. The molecule has 1 fully saturated rings. The number of carbonyl (C=O) groups excluding carboxylic acids is 3. The molecule has 0 radical (unpaired) electrons. The Kier molecular flexibility index (Phi) is 6.41. The summed E-state index contributed by atoms with van der Waals surface area (Å²) in [6.07, 6.45) is -3.48. The summed E-state index contributed by atoms with van der Waals surface area (Å²) in [5, 5.41) is 14.4. The second kappa shape index (κ2) is 8.71. The first-order valence-electron chi connectivity index (χ1n) is 8.46. The molecule has 1 aliphatic rings. The fraction of sp³-hybridized carbons (Fsp3) is 0.105. The van der Waals surface area contributed by atoms with Crippen molar-refractivity contribution in [3.05, 3.63) is 62.2 Å². The second-order valence-electron chi connectivity index (χ2n) is 6.30. The SMILES string of the molecule is O=C(CN1C(=O)N/C(=C\c2cc(Br)cc(Br)c2O)C1=O)Nc1ccccc1C(F)(F)F. The number of hydrogen-bond acceptors (Lipinski definition) is 4. The summed E-state index contributed by atoms with van der Waals surface area (Å²) in [5.41, 5.74) is -1.56. The van der Waals surface area contributed by atoms with Crippen molar-refractivity contribution < 1.29 is 32.7 Å². The molecule has 0 aromatic heterocycles. The number of halogens is 5. The molecule has 3 rings (SSSR count). The number of rotatable bonds is 4. The van der Waals surface area contributed by atoms with Crippen LogP contribution >= 0.6 is 31.9 Å². The van der Waals surface area contributed by atoms with Crippen molar-refractivity contribution in [1.82, 2.24) is 10.2 Å². The van der Waals surface area contributed by atoms with Gasteiger partial charge in [0.25, 0.3) is 5.91 Å². The maximum atomic E-state index is 13.1. The largest absolute Gasteiger partial charge is 0.506 e. The Morgan fingerprint density at radius 2 is 1.87 bits per heavy atom. The van der Waals surface area contributed by atoms with Gasteiger partial charge in [0.1, 0.15) is 18.0 Å². The molecule has 0 saturated carbocycles. The van der Waals surface area contributed by atoms with Gasteiger partial charge in [0.2, 0.25) is 5.91 Å². The van der Waals surface area contributed by atoms with Crippen molar-refractivity contribution in [3.63, 3.8) is 0 Å². The molecule has 7 nitrogen and oxygen atoms in total. The normalized spacial score (nSPS) is 15.4. The molecule has 1 heterocycles. The van der Waals surface area contributed by atoms with E-state index in [4.69, 9.17) is 0 Å². The van der Waals surface area contributed by atoms with Crippen LogP contribution in [-0.4, -0.2) is 34.4 Å². The van der Waals surface area contributed by atoms with Crippen molar-refractivity contribution in [2.75, 3.05) is 11.9 Å². The number of anilines is 1. The van der Waals surface area contributed by atoms with E-state index in [1.54, 1.807) is 6.07 Å². The molecular weight excluding hydrogens is 551 g/mol. The Labute approximate surface area is 190 Å². The van der Waals surface area contributed by atoms with Gasteiger partial charge in [0.05, 0.1) is 15.7 Å². The Bertz CT molecular complexity index is 1120. The number of amides is 4. The summed E-state index contributed by atoms with van der Waals surface area (Å²) >= 11 is 6.38. The van der Waals surface area contributed by atoms with Crippen LogP contribution in [0.2, 0.25) is 0 Å². The molecule has 0 atom stereocenters. The zero-order valence-electron chi connectivity index (χ0n) is 15.3. The molecule has 31 heavy (non-hydrogen) atoms. The zero-order chi connectivity index (χ0) is 22.9. The average Bonchev–Trinajstić information content (AvgIpc) is 2.92. The van der Waals surface area contributed by atoms with Gasteiger partial charge in [0, 0.05) is 10.0 Å². The molecule has 3 N–H and O–H groups in total. The summed E-state index contributed by atoms with van der Waals surface area (Å²) in [6.45, 7) is -0.803. The highest BCUT2D eigenvalue weighted by Gasteiger charge is 2.36. The molecule has 0 bridgehead atoms. The first-order chi connectivity index (χ1) is 14.5. The van der Waals surface area contributed by atoms with Crippen LogP contribution in [0.4, 0.5) is 23.7 Å². The van der Waals surface area contributed by atoms with E-state index >= 15 is 0 Å². The topological polar surface area (TPSA) is 98.7 Å². The molecule has 0 unspecified atom stereocenters. The van der Waals surface area contributed by atoms with Gasteiger partial charge >= 0.3 is 12.2 Å². The maximum Gasteiger partial charge on any atom is 0.418 e. The Morgan fingerprint density at radius 3 is 2.55 bits per heavy atom. The number of alkyl halides is 3. The summed E-state index contributed by atoms with van der Waals surface area (Å²) in [4.78, 5) is 37.4. The fourth-order valence-electron chi connectivity index (χ4n) is 2.74. The number of carbonyl (C=O) groups is 3. The highest BCUT2D eigenvalue weighted by Crippen LogP contribution is 2.35. The van der Waals surface area contributed by atoms with E-state index in [1.807, 2.05) is 0 Å². The number of benzene rings is 2. The van der Waals surface area contributed by atoms with Crippen molar-refractivity contribution in [2.45, 2.75) is 6.18 Å². The molecule has 1 saturated heterocycles. The number of urea groups is 1. The van der Waals surface area contributed by atoms with Crippen molar-refractivity contribution in [3.8, 4) is 5.75 Å². The van der Waals surface area contributed by atoms with Crippen LogP contribution < -0.4 is 10.6 Å². The number of nitrogens with one attached hydrogen (secondary N) is 2. The average molecular weight is 563 g/mol. The van der Waals surface area contributed by atoms with E-state index in [0.29, 0.717) is 13.8 Å². The van der Waals surface area contributed by atoms with Crippen molar-refractivity contribution in [1.29, 1.82) is 0 Å². The van der Waals surface area contributed by atoms with Crippen LogP contribution in [0.1, 0.15) is 11.1 Å². The molecule has 12 heteroatoms. The number of hydrogen-bond donors (Lipinski definition) is 3. The van der Waals surface area contributed by atoms with Gasteiger partial charge in [-0.1, -0.05) is 28.1 Å². The second-order valence-corrected chi connectivity index (χ2v) is 8.07. The number of nitrogens with zero attached hydrogens (tertiary/aromatic N) is 1. The molecule has 162 valence electrons. The van der Waals surface area contributed by atoms with E-state index in [2.05, 4.69) is 42.5 Å². The quantitative estimate of drug-likeness (QED) is 0.378. The molecule has 0 aliphatic carbocycles. The van der Waals surface area contributed by atoms with Gasteiger partial charge in [-0.25, -0.2) is 9.69 Å². The van der Waals surface area contributed by atoms with Crippen LogP contribution in [0.3, 0.4) is 0 Å². The van der Waals surface area contributed by atoms with Crippen LogP contribution in [-0.2, 0) is 15.8 Å². The van der Waals surface area contributed by atoms with E-state index in [-0.39, 0.29) is 17.0 Å². The molecule has 4 amide bonds. The first-order valence-corrected chi connectivity index (χ1v) is 10.0. The number of aromatic hydroxyl groups is 1. The van der Waals surface area contributed by atoms with Crippen LogP contribution in [0.5, 0.6) is 5.75 Å². The lowest BCUT2D eigenvalue weighted by atomic mass is 10.1. The number of phenols is 1. The predicted octanol–water partition coefficient (Wildman–Crippen LogP) is 4.47. The van der Waals surface area contributed by atoms with Crippen LogP contribution in [0.25, 0.3) is 6.08 Å². The highest BCUT2D eigenvalue weighted by molar-refractivity contribution is 9.11. The summed E-state index contributed by atoms with van der Waals surface area (Å²) in [6, 6.07) is 6.48. The maximum absolute atomic E-state index is 13.1. The lowest BCUT2D eigenvalue weighted by Gasteiger charge is -2.15. The highest BCUT2D eigenvalue weighted by atomic mass is 79.9. The van der Waals surface area contributed by atoms with Crippen molar-refractivity contribution >= 4 is 61.5 Å². The fourth-order valence-corrected chi connectivity index (χ4v) is 4.00. The lowest BCUT2D eigenvalue weighted by molar-refractivity contribution is -0.137. The van der Waals surface area contributed by atoms with Gasteiger partial charge in [-0.3, -0.25) is 9.59 Å². The van der Waals surface area contributed by atoms with E-state index in [9.17, 15) is 32.7 Å². The van der Waals surface area contributed by atoms with Crippen LogP contribution in [0.15, 0.2) is 51.0 Å². The molecule has 1 aliphatic heterocycles. The van der Waals surface area contributed by atoms with Crippen LogP contribution in [0, 0.1) is 0 Å². The Balaban J connectivity index is 1.78. The number of imide groups is 1. The minimum atomic E-state index is -4.69. The first kappa shape index (κ1) is 22.8. The standard InChI is InChI=1S/C19H12Br2F3N3O4/c20-10-5-9(16(29)12(21)7-10)6-14-17(30)27(18(31)26-14)8-15(28)25-13-4-2-1-3-11(13)19(22,23)24/h1-7,29H,8H2,(H,25,28)(H,26,31)/b14-6-. The van der Waals surface area contributed by atoms with Gasteiger partial charge in [0.15, 0.2) is 0 Å². The Morgan fingerprint density at radius 1 is 1.19 bits per heavy atom. The third kappa shape index (κ3) is 5.07. The minimum absolute atomic E-state index is 0.183. The Hall–Kier alpha value is -2.86. The van der Waals surface area contributed by atoms with Gasteiger partial charge in [-0.05, 0) is 46.3 Å². The lowest BCUT2D eigenvalue weighted by Crippen LogP contribution is -2.38. The van der Waals surface area contributed by atoms with Gasteiger partial charge in [-0.15, -0.1) is 0 Å². The number of para-hydroxylation sites is 1. The van der Waals surface area contributed by atoms with E-state index in [0.717, 1.165) is 12.1 Å². The predicted molar refractivity (Wildman–Crippen MR) is 112 cm³/mol. The summed E-state index contributed by atoms with van der Waals surface area (Å²) < 4.78 is 40.1. The monoisotopic (exact) mass is 561 g/mol. The van der Waals surface area contributed by atoms with E-state index < -0.39 is 41.8 Å². The molecule has 0 spiro atoms. The van der Waals surface area contributed by atoms with Gasteiger partial charge < -0.3 is 15.7 Å². The zero-order valence-corrected chi connectivity index (χ0v) is 18.4. The van der Waals surface area contributed by atoms with E-state index in [1.165, 1.54) is 24.3 Å². The molecule has 2 aromatic carbocycles. The summed E-state index contributed by atoms with van der Waals surface area (Å²) in [7, 11) is 0. The van der Waals surface area contributed by atoms with Crippen molar-refractivity contribution in [2.24, 2.45) is 0 Å². The number of phenolic OH excluding ortho intramolecular Hbond substituents is 1. The third-order valence-corrected chi connectivity index (χ3v) is 5.19. The third-order valence-electron chi connectivity index (χ3n) is 4.13. The molecule has 2 aromatic rings. The summed E-state index contributed by atoms with van der Waals surface area (Å²) in [5.74, 6) is -2.05. The van der Waals surface area contributed by atoms with Gasteiger partial charge in [-0.2, -0.15) is 13.2 Å². The smallest absolute Gasteiger partial charge is 0.418 e. The minimum Gasteiger partial charge on any atom is -0.506 e.